The highest BCUT2D eigenvalue weighted by Gasteiger charge is 2.15. The molecule has 1 heterocycles. The highest BCUT2D eigenvalue weighted by atomic mass is 35.5. The molecule has 7 heteroatoms. The Morgan fingerprint density at radius 3 is 2.71 bits per heavy atom. The van der Waals surface area contributed by atoms with Crippen LogP contribution in [-0.4, -0.2) is 26.5 Å². The van der Waals surface area contributed by atoms with E-state index in [1.54, 1.807) is 12.1 Å². The van der Waals surface area contributed by atoms with Gasteiger partial charge in [0.05, 0.1) is 0 Å². The van der Waals surface area contributed by atoms with Crippen molar-refractivity contribution in [1.82, 2.24) is 15.4 Å². The Morgan fingerprint density at radius 2 is 2.06 bits per heavy atom. The fourth-order valence-electron chi connectivity index (χ4n) is 1.19. The zero-order valence-electron chi connectivity index (χ0n) is 8.55. The summed E-state index contributed by atoms with van der Waals surface area (Å²) in [5, 5.41) is 19.5. The fourth-order valence-corrected chi connectivity index (χ4v) is 2.19. The molecule has 0 unspecified atom stereocenters. The number of carboxylic acids is 1. The van der Waals surface area contributed by atoms with Crippen LogP contribution in [0.2, 0.25) is 5.02 Å². The van der Waals surface area contributed by atoms with E-state index in [0.29, 0.717) is 15.8 Å². The molecule has 0 radical (unpaired) electrons. The van der Waals surface area contributed by atoms with E-state index >= 15 is 0 Å². The van der Waals surface area contributed by atoms with Crippen molar-refractivity contribution in [2.75, 3.05) is 0 Å². The molecule has 1 aromatic carbocycles. The normalized spacial score (nSPS) is 10.4. The molecule has 0 atom stereocenters. The first-order chi connectivity index (χ1) is 8.16. The van der Waals surface area contributed by atoms with Crippen LogP contribution in [0.1, 0.15) is 16.1 Å². The Morgan fingerprint density at radius 1 is 1.35 bits per heavy atom. The molecular formula is C10H8ClN3O2S. The van der Waals surface area contributed by atoms with E-state index in [2.05, 4.69) is 15.4 Å². The van der Waals surface area contributed by atoms with Crippen LogP contribution in [0.15, 0.2) is 29.3 Å². The molecule has 2 rings (SSSR count). The van der Waals surface area contributed by atoms with Crippen molar-refractivity contribution < 1.29 is 9.90 Å². The van der Waals surface area contributed by atoms with Crippen LogP contribution in [0, 0.1) is 0 Å². The van der Waals surface area contributed by atoms with Crippen LogP contribution in [0.25, 0.3) is 0 Å². The van der Waals surface area contributed by atoms with Crippen molar-refractivity contribution in [3.8, 4) is 0 Å². The minimum Gasteiger partial charge on any atom is -0.476 e. The summed E-state index contributed by atoms with van der Waals surface area (Å²) in [6.07, 6.45) is 0. The highest BCUT2D eigenvalue weighted by molar-refractivity contribution is 7.98. The fraction of sp³-hybridized carbons (Fsp3) is 0.100. The van der Waals surface area contributed by atoms with Gasteiger partial charge < -0.3 is 5.11 Å². The summed E-state index contributed by atoms with van der Waals surface area (Å²) in [4.78, 5) is 10.8. The molecule has 0 spiro atoms. The second-order valence-electron chi connectivity index (χ2n) is 3.20. The molecule has 0 bridgehead atoms. The lowest BCUT2D eigenvalue weighted by molar-refractivity contribution is 0.0686. The van der Waals surface area contributed by atoms with Crippen LogP contribution in [0.5, 0.6) is 0 Å². The van der Waals surface area contributed by atoms with Gasteiger partial charge in [-0.3, -0.25) is 0 Å². The van der Waals surface area contributed by atoms with E-state index in [0.717, 1.165) is 5.56 Å². The van der Waals surface area contributed by atoms with E-state index in [4.69, 9.17) is 16.7 Å². The first-order valence-electron chi connectivity index (χ1n) is 4.68. The molecule has 0 amide bonds. The Bertz CT molecular complexity index is 527. The molecular weight excluding hydrogens is 262 g/mol. The molecule has 1 aromatic heterocycles. The molecule has 0 saturated heterocycles. The monoisotopic (exact) mass is 269 g/mol. The molecule has 2 N–H and O–H groups in total. The van der Waals surface area contributed by atoms with E-state index < -0.39 is 5.97 Å². The maximum absolute atomic E-state index is 10.8. The SMILES string of the molecule is O=C(O)c1n[nH]nc1SCc1ccc(Cl)cc1. The van der Waals surface area contributed by atoms with Gasteiger partial charge in [0, 0.05) is 10.8 Å². The number of carboxylic acid groups (broad SMARTS) is 1. The maximum atomic E-state index is 10.8. The molecule has 17 heavy (non-hydrogen) atoms. The number of nitrogens with one attached hydrogen (secondary N) is 1. The quantitative estimate of drug-likeness (QED) is 0.834. The minimum atomic E-state index is -1.09. The van der Waals surface area contributed by atoms with Crippen LogP contribution in [0.4, 0.5) is 0 Å². The number of hydrogen-bond acceptors (Lipinski definition) is 4. The minimum absolute atomic E-state index is 0.0519. The lowest BCUT2D eigenvalue weighted by Gasteiger charge is -1.99. The first kappa shape index (κ1) is 11.9. The summed E-state index contributed by atoms with van der Waals surface area (Å²) < 4.78 is 0. The average Bonchev–Trinajstić information content (AvgIpc) is 2.76. The van der Waals surface area contributed by atoms with Gasteiger partial charge in [0.2, 0.25) is 5.69 Å². The number of aromatic carboxylic acids is 1. The van der Waals surface area contributed by atoms with Gasteiger partial charge in [0.25, 0.3) is 0 Å². The molecule has 88 valence electrons. The van der Waals surface area contributed by atoms with Crippen molar-refractivity contribution in [3.05, 3.63) is 40.5 Å². The Kier molecular flexibility index (Phi) is 3.65. The third-order valence-corrected chi connectivity index (χ3v) is 3.30. The van der Waals surface area contributed by atoms with Crippen molar-refractivity contribution in [2.45, 2.75) is 10.8 Å². The lowest BCUT2D eigenvalue weighted by Crippen LogP contribution is -1.98. The largest absolute Gasteiger partial charge is 0.476 e. The van der Waals surface area contributed by atoms with Crippen molar-refractivity contribution >= 4 is 29.3 Å². The molecule has 0 aliphatic carbocycles. The second-order valence-corrected chi connectivity index (χ2v) is 4.60. The highest BCUT2D eigenvalue weighted by Crippen LogP contribution is 2.23. The van der Waals surface area contributed by atoms with Crippen LogP contribution in [-0.2, 0) is 5.75 Å². The van der Waals surface area contributed by atoms with Crippen LogP contribution < -0.4 is 0 Å². The van der Waals surface area contributed by atoms with Crippen molar-refractivity contribution in [3.63, 3.8) is 0 Å². The van der Waals surface area contributed by atoms with Gasteiger partial charge in [-0.1, -0.05) is 35.5 Å². The molecule has 0 fully saturated rings. The molecule has 0 saturated carbocycles. The molecule has 0 aliphatic rings. The summed E-state index contributed by atoms with van der Waals surface area (Å²) in [7, 11) is 0. The Hall–Kier alpha value is -1.53. The number of rotatable bonds is 4. The number of benzene rings is 1. The molecule has 0 aliphatic heterocycles. The van der Waals surface area contributed by atoms with Crippen LogP contribution >= 0.6 is 23.4 Å². The predicted octanol–water partition coefficient (Wildman–Crippen LogP) is 2.45. The number of carbonyl (C=O) groups is 1. The summed E-state index contributed by atoms with van der Waals surface area (Å²) in [5.74, 6) is -0.471. The Labute approximate surface area is 106 Å². The number of hydrogen-bond donors (Lipinski definition) is 2. The smallest absolute Gasteiger partial charge is 0.359 e. The Balaban J connectivity index is 2.05. The van der Waals surface area contributed by atoms with E-state index in [9.17, 15) is 4.79 Å². The van der Waals surface area contributed by atoms with Gasteiger partial charge in [-0.15, -0.1) is 10.2 Å². The zero-order chi connectivity index (χ0) is 12.3. The molecule has 2 aromatic rings. The zero-order valence-corrected chi connectivity index (χ0v) is 10.1. The van der Waals surface area contributed by atoms with E-state index in [1.165, 1.54) is 11.8 Å². The van der Waals surface area contributed by atoms with Gasteiger partial charge in [0.15, 0.2) is 5.03 Å². The molecule has 5 nitrogen and oxygen atoms in total. The van der Waals surface area contributed by atoms with Gasteiger partial charge in [-0.05, 0) is 17.7 Å². The average molecular weight is 270 g/mol. The lowest BCUT2D eigenvalue weighted by atomic mass is 10.2. The third-order valence-electron chi connectivity index (χ3n) is 2.01. The van der Waals surface area contributed by atoms with Crippen molar-refractivity contribution in [1.29, 1.82) is 0 Å². The number of nitrogens with zero attached hydrogens (tertiary/aromatic N) is 2. The number of aromatic amines is 1. The van der Waals surface area contributed by atoms with Gasteiger partial charge >= 0.3 is 5.97 Å². The number of thioether (sulfide) groups is 1. The topological polar surface area (TPSA) is 78.9 Å². The predicted molar refractivity (Wildman–Crippen MR) is 64.4 cm³/mol. The van der Waals surface area contributed by atoms with E-state index in [1.807, 2.05) is 12.1 Å². The van der Waals surface area contributed by atoms with E-state index in [-0.39, 0.29) is 5.69 Å². The van der Waals surface area contributed by atoms with Gasteiger partial charge in [-0.2, -0.15) is 5.21 Å². The number of H-pyrrole nitrogens is 1. The maximum Gasteiger partial charge on any atom is 0.359 e. The summed E-state index contributed by atoms with van der Waals surface area (Å²) >= 11 is 7.08. The number of halogens is 1. The summed E-state index contributed by atoms with van der Waals surface area (Å²) in [6.45, 7) is 0. The summed E-state index contributed by atoms with van der Waals surface area (Å²) in [6, 6.07) is 7.35. The third kappa shape index (κ3) is 2.98. The number of aromatic nitrogens is 3. The van der Waals surface area contributed by atoms with Gasteiger partial charge in [0.1, 0.15) is 0 Å². The standard InChI is InChI=1S/C10H8ClN3O2S/c11-7-3-1-6(2-4-7)5-17-9-8(10(15)16)12-14-13-9/h1-4H,5H2,(H,15,16)(H,12,13,14). The van der Waals surface area contributed by atoms with Crippen molar-refractivity contribution in [2.24, 2.45) is 0 Å². The second kappa shape index (κ2) is 5.20. The van der Waals surface area contributed by atoms with Crippen LogP contribution in [0.3, 0.4) is 0 Å². The first-order valence-corrected chi connectivity index (χ1v) is 6.04. The van der Waals surface area contributed by atoms with Gasteiger partial charge in [-0.25, -0.2) is 4.79 Å². The summed E-state index contributed by atoms with van der Waals surface area (Å²) in [5.41, 5.74) is 0.989.